The van der Waals surface area contributed by atoms with Crippen molar-refractivity contribution in [2.75, 3.05) is 26.9 Å². The zero-order valence-corrected chi connectivity index (χ0v) is 18.9. The predicted octanol–water partition coefficient (Wildman–Crippen LogP) is 3.66. The molecule has 0 saturated carbocycles. The second-order valence-corrected chi connectivity index (χ2v) is 8.49. The lowest BCUT2D eigenvalue weighted by Crippen LogP contribution is -2.43. The number of halogens is 1. The number of ether oxygens (including phenoxy) is 3. The Labute approximate surface area is 171 Å². The molecule has 1 rings (SSSR count). The number of nitrogens with one attached hydrogen (secondary N) is 2. The van der Waals surface area contributed by atoms with Crippen molar-refractivity contribution in [2.45, 2.75) is 59.2 Å². The number of hydrogen-bond acceptors (Lipinski definition) is 5. The molecule has 0 fully saturated rings. The van der Waals surface area contributed by atoms with Crippen LogP contribution < -0.4 is 20.1 Å². The Bertz CT molecular complexity index is 600. The lowest BCUT2D eigenvalue weighted by Gasteiger charge is -2.21. The van der Waals surface area contributed by atoms with Crippen LogP contribution in [0.25, 0.3) is 0 Å². The van der Waals surface area contributed by atoms with Crippen molar-refractivity contribution in [3.05, 3.63) is 22.2 Å². The van der Waals surface area contributed by atoms with Gasteiger partial charge in [-0.2, -0.15) is 0 Å². The predicted molar refractivity (Wildman–Crippen MR) is 111 cm³/mol. The number of carbonyl (C=O) groups excluding carboxylic acids is 1. The molecule has 1 aromatic carbocycles. The Kier molecular flexibility index (Phi) is 10.1. The first-order valence-corrected chi connectivity index (χ1v) is 10.0. The quantitative estimate of drug-likeness (QED) is 0.509. The number of hydrogen-bond donors (Lipinski definition) is 2. The van der Waals surface area contributed by atoms with E-state index in [1.165, 1.54) is 0 Å². The van der Waals surface area contributed by atoms with E-state index < -0.39 is 0 Å². The Morgan fingerprint density at radius 3 is 2.52 bits per heavy atom. The van der Waals surface area contributed by atoms with Crippen LogP contribution in [0, 0.1) is 0 Å². The molecule has 0 aliphatic heterocycles. The molecule has 7 heteroatoms. The Morgan fingerprint density at radius 2 is 1.93 bits per heavy atom. The van der Waals surface area contributed by atoms with E-state index in [0.29, 0.717) is 18.0 Å². The fourth-order valence-corrected chi connectivity index (χ4v) is 2.78. The molecule has 6 nitrogen and oxygen atoms in total. The highest BCUT2D eigenvalue weighted by Crippen LogP contribution is 2.33. The normalized spacial score (nSPS) is 11.6. The van der Waals surface area contributed by atoms with Crippen LogP contribution in [0.1, 0.15) is 46.6 Å². The maximum Gasteiger partial charge on any atom is 0.258 e. The maximum atomic E-state index is 11.9. The number of carbonyl (C=O) groups is 1. The Morgan fingerprint density at radius 1 is 1.22 bits per heavy atom. The monoisotopic (exact) mass is 444 g/mol. The van der Waals surface area contributed by atoms with Crippen LogP contribution >= 0.6 is 15.9 Å². The zero-order valence-electron chi connectivity index (χ0n) is 17.3. The lowest BCUT2D eigenvalue weighted by atomic mass is 10.1. The van der Waals surface area contributed by atoms with Crippen molar-refractivity contribution < 1.29 is 19.0 Å². The third-order valence-electron chi connectivity index (χ3n) is 3.47. The highest BCUT2D eigenvalue weighted by molar-refractivity contribution is 9.10. The van der Waals surface area contributed by atoms with Gasteiger partial charge in [-0.15, -0.1) is 0 Å². The van der Waals surface area contributed by atoms with Crippen molar-refractivity contribution in [3.8, 4) is 11.5 Å². The van der Waals surface area contributed by atoms with E-state index in [-0.39, 0.29) is 24.2 Å². The van der Waals surface area contributed by atoms with Gasteiger partial charge in [-0.1, -0.05) is 15.9 Å². The van der Waals surface area contributed by atoms with Crippen LogP contribution in [0.4, 0.5) is 0 Å². The SMILES string of the molecule is COc1cc(CNCCCOC(C)C)c(Br)cc1OCC(=O)NC(C)(C)C. The van der Waals surface area contributed by atoms with Crippen molar-refractivity contribution in [2.24, 2.45) is 0 Å². The van der Waals surface area contributed by atoms with Gasteiger partial charge in [0.05, 0.1) is 13.2 Å². The third kappa shape index (κ3) is 9.98. The van der Waals surface area contributed by atoms with E-state index in [1.54, 1.807) is 7.11 Å². The van der Waals surface area contributed by atoms with Gasteiger partial charge in [0.25, 0.3) is 5.91 Å². The smallest absolute Gasteiger partial charge is 0.258 e. The summed E-state index contributed by atoms with van der Waals surface area (Å²) in [7, 11) is 1.59. The Hall–Kier alpha value is -1.31. The molecule has 154 valence electrons. The highest BCUT2D eigenvalue weighted by Gasteiger charge is 2.16. The lowest BCUT2D eigenvalue weighted by molar-refractivity contribution is -0.124. The molecule has 0 atom stereocenters. The summed E-state index contributed by atoms with van der Waals surface area (Å²) in [6.45, 7) is 12.1. The molecule has 0 saturated heterocycles. The van der Waals surface area contributed by atoms with Crippen LogP contribution in [-0.4, -0.2) is 44.4 Å². The molecule has 0 bridgehead atoms. The summed E-state index contributed by atoms with van der Waals surface area (Å²) in [6.07, 6.45) is 1.22. The number of benzene rings is 1. The summed E-state index contributed by atoms with van der Waals surface area (Å²) in [5.74, 6) is 0.958. The summed E-state index contributed by atoms with van der Waals surface area (Å²) in [5, 5.41) is 6.26. The summed E-state index contributed by atoms with van der Waals surface area (Å²) in [4.78, 5) is 11.9. The average Bonchev–Trinajstić information content (AvgIpc) is 2.55. The fraction of sp³-hybridized carbons (Fsp3) is 0.650. The van der Waals surface area contributed by atoms with Crippen molar-refractivity contribution in [1.29, 1.82) is 0 Å². The standard InChI is InChI=1S/C20H33BrN2O4/c1-14(2)26-9-7-8-22-12-15-10-17(25-6)18(11-16(15)21)27-13-19(24)23-20(3,4)5/h10-11,14,22H,7-9,12-13H2,1-6H3,(H,23,24). The fourth-order valence-electron chi connectivity index (χ4n) is 2.32. The minimum atomic E-state index is -0.291. The van der Waals surface area contributed by atoms with Crippen molar-refractivity contribution in [3.63, 3.8) is 0 Å². The first-order chi connectivity index (χ1) is 12.6. The molecule has 1 aromatic rings. The van der Waals surface area contributed by atoms with Crippen LogP contribution in [0.15, 0.2) is 16.6 Å². The van der Waals surface area contributed by atoms with Crippen LogP contribution in [-0.2, 0) is 16.1 Å². The second kappa shape index (κ2) is 11.5. The van der Waals surface area contributed by atoms with E-state index in [1.807, 2.05) is 46.8 Å². The molecule has 0 aliphatic carbocycles. The molecule has 0 radical (unpaired) electrons. The summed E-state index contributed by atoms with van der Waals surface area (Å²) >= 11 is 3.57. The molecule has 0 spiro atoms. The molecule has 27 heavy (non-hydrogen) atoms. The number of methoxy groups -OCH3 is 1. The third-order valence-corrected chi connectivity index (χ3v) is 4.21. The van der Waals surface area contributed by atoms with Crippen LogP contribution in [0.3, 0.4) is 0 Å². The second-order valence-electron chi connectivity index (χ2n) is 7.63. The number of amides is 1. The van der Waals surface area contributed by atoms with E-state index in [0.717, 1.165) is 29.6 Å². The Balaban J connectivity index is 2.58. The first kappa shape index (κ1) is 23.7. The van der Waals surface area contributed by atoms with Gasteiger partial charge in [0, 0.05) is 23.2 Å². The van der Waals surface area contributed by atoms with Crippen LogP contribution in [0.5, 0.6) is 11.5 Å². The molecular formula is C20H33BrN2O4. The van der Waals surface area contributed by atoms with Gasteiger partial charge >= 0.3 is 0 Å². The molecule has 0 aromatic heterocycles. The van der Waals surface area contributed by atoms with Crippen LogP contribution in [0.2, 0.25) is 0 Å². The van der Waals surface area contributed by atoms with Gasteiger partial charge in [0.1, 0.15) is 0 Å². The maximum absolute atomic E-state index is 11.9. The van der Waals surface area contributed by atoms with Gasteiger partial charge in [-0.25, -0.2) is 0 Å². The van der Waals surface area contributed by atoms with Gasteiger partial charge < -0.3 is 24.8 Å². The van der Waals surface area contributed by atoms with Gasteiger partial charge in [0.15, 0.2) is 18.1 Å². The van der Waals surface area contributed by atoms with Crippen molar-refractivity contribution in [1.82, 2.24) is 10.6 Å². The summed E-state index contributed by atoms with van der Waals surface area (Å²) < 4.78 is 17.5. The topological polar surface area (TPSA) is 68.8 Å². The van der Waals surface area contributed by atoms with Gasteiger partial charge in [-0.3, -0.25) is 4.79 Å². The minimum Gasteiger partial charge on any atom is -0.493 e. The van der Waals surface area contributed by atoms with E-state index >= 15 is 0 Å². The number of rotatable bonds is 11. The van der Waals surface area contributed by atoms with E-state index in [2.05, 4.69) is 26.6 Å². The largest absolute Gasteiger partial charge is 0.493 e. The molecular weight excluding hydrogens is 412 g/mol. The first-order valence-electron chi connectivity index (χ1n) is 9.25. The molecule has 0 aliphatic rings. The van der Waals surface area contributed by atoms with Gasteiger partial charge in [-0.05, 0) is 65.3 Å². The zero-order chi connectivity index (χ0) is 20.4. The minimum absolute atomic E-state index is 0.0620. The van der Waals surface area contributed by atoms with Gasteiger partial charge in [0.2, 0.25) is 0 Å². The van der Waals surface area contributed by atoms with E-state index in [9.17, 15) is 4.79 Å². The molecule has 1 amide bonds. The van der Waals surface area contributed by atoms with Crippen molar-refractivity contribution >= 4 is 21.8 Å². The van der Waals surface area contributed by atoms with E-state index in [4.69, 9.17) is 14.2 Å². The highest BCUT2D eigenvalue weighted by atomic mass is 79.9. The summed E-state index contributed by atoms with van der Waals surface area (Å²) in [6, 6.07) is 3.75. The molecule has 2 N–H and O–H groups in total. The molecule has 0 heterocycles. The average molecular weight is 445 g/mol. The molecule has 0 unspecified atom stereocenters. The summed E-state index contributed by atoms with van der Waals surface area (Å²) in [5.41, 5.74) is 0.768.